The molecule has 40 heavy (non-hydrogen) atoms. The fourth-order valence-corrected chi connectivity index (χ4v) is 6.22. The molecule has 0 N–H and O–H groups in total. The van der Waals surface area contributed by atoms with E-state index in [1.165, 1.54) is 64.4 Å². The maximum atomic E-state index is 14.3. The van der Waals surface area contributed by atoms with Gasteiger partial charge in [-0.1, -0.05) is 63.0 Å². The quantitative estimate of drug-likeness (QED) is 0.146. The molecule has 2 aliphatic rings. The molecule has 0 saturated heterocycles. The normalized spacial score (nSPS) is 23.9. The van der Waals surface area contributed by atoms with Crippen LogP contribution in [0.5, 0.6) is 11.5 Å². The second-order valence-electron chi connectivity index (χ2n) is 11.9. The zero-order valence-electron chi connectivity index (χ0n) is 23.9. The summed E-state index contributed by atoms with van der Waals surface area (Å²) in [7, 11) is 0. The maximum Gasteiger partial charge on any atom is 0.432 e. The molecule has 6 heteroatoms. The van der Waals surface area contributed by atoms with Crippen molar-refractivity contribution in [3.05, 3.63) is 71.3 Å². The number of unbranched alkanes of at least 4 members (excludes halogenated alkanes) is 2. The summed E-state index contributed by atoms with van der Waals surface area (Å²) < 4.78 is 65.9. The molecule has 4 rings (SSSR count). The van der Waals surface area contributed by atoms with Gasteiger partial charge in [0.05, 0.1) is 0 Å². The van der Waals surface area contributed by atoms with Crippen molar-refractivity contribution in [2.75, 3.05) is 6.61 Å². The van der Waals surface area contributed by atoms with Crippen molar-refractivity contribution in [2.45, 2.75) is 103 Å². The summed E-state index contributed by atoms with van der Waals surface area (Å²) in [5, 5.41) is 0. The van der Waals surface area contributed by atoms with Crippen molar-refractivity contribution in [3.8, 4) is 11.5 Å². The summed E-state index contributed by atoms with van der Waals surface area (Å²) in [6, 6.07) is 9.18. The van der Waals surface area contributed by atoms with Crippen LogP contribution in [0.1, 0.15) is 101 Å². The molecule has 0 atom stereocenters. The molecule has 0 heterocycles. The fraction of sp³-hybridized carbons (Fsp3) is 0.588. The molecule has 2 aromatic carbocycles. The lowest BCUT2D eigenvalue weighted by Crippen LogP contribution is -2.32. The molecule has 2 aromatic rings. The third-order valence-electron chi connectivity index (χ3n) is 8.79. The lowest BCUT2D eigenvalue weighted by Gasteiger charge is -2.29. The standard InChI is InChI=1S/C34H44F4O2/c1-3-4-5-6-25-8-10-26(11-9-25)12-13-27-14-16-28(17-15-27)29-18-20-30(21-19-29)40-34(37,38)23-39-31-22-7-24(2)32(35)33(31)36/h7,12-13,18-22,25-28H,3-6,8-11,14-17,23H2,1-2H3/b13-12+. The summed E-state index contributed by atoms with van der Waals surface area (Å²) in [6.07, 6.45) is 16.7. The van der Waals surface area contributed by atoms with Crippen LogP contribution in [-0.4, -0.2) is 12.7 Å². The Hall–Kier alpha value is -2.50. The van der Waals surface area contributed by atoms with Gasteiger partial charge in [0.1, 0.15) is 5.75 Å². The highest BCUT2D eigenvalue weighted by Crippen LogP contribution is 2.38. The predicted molar refractivity (Wildman–Crippen MR) is 152 cm³/mol. The highest BCUT2D eigenvalue weighted by molar-refractivity contribution is 5.31. The highest BCUT2D eigenvalue weighted by Gasteiger charge is 2.34. The average Bonchev–Trinajstić information content (AvgIpc) is 2.96. The molecule has 0 spiro atoms. The first-order valence-corrected chi connectivity index (χ1v) is 15.2. The Bertz CT molecular complexity index is 1080. The number of alkyl halides is 2. The summed E-state index contributed by atoms with van der Waals surface area (Å²) in [5.41, 5.74) is 1.20. The van der Waals surface area contributed by atoms with E-state index < -0.39 is 30.1 Å². The molecule has 0 aromatic heterocycles. The van der Waals surface area contributed by atoms with Gasteiger partial charge in [-0.3, -0.25) is 0 Å². The van der Waals surface area contributed by atoms with Gasteiger partial charge in [0.2, 0.25) is 5.82 Å². The maximum absolute atomic E-state index is 14.3. The summed E-state index contributed by atoms with van der Waals surface area (Å²) in [6.45, 7) is 2.42. The number of allylic oxidation sites excluding steroid dienone is 2. The molecule has 0 unspecified atom stereocenters. The van der Waals surface area contributed by atoms with Gasteiger partial charge in [-0.25, -0.2) is 4.39 Å². The second kappa shape index (κ2) is 14.4. The van der Waals surface area contributed by atoms with E-state index >= 15 is 0 Å². The Morgan fingerprint density at radius 3 is 2.05 bits per heavy atom. The lowest BCUT2D eigenvalue weighted by atomic mass is 9.77. The largest absolute Gasteiger partial charge is 0.480 e. The van der Waals surface area contributed by atoms with E-state index in [4.69, 9.17) is 9.47 Å². The Labute approximate surface area is 237 Å². The van der Waals surface area contributed by atoms with Crippen LogP contribution < -0.4 is 9.47 Å². The van der Waals surface area contributed by atoms with E-state index in [0.717, 1.165) is 49.1 Å². The SMILES string of the molecule is CCCCCC1CCC(/C=C/C2CCC(c3ccc(OC(F)(F)COc4ccc(C)c(F)c4F)cc3)CC2)CC1. The first-order chi connectivity index (χ1) is 19.2. The zero-order chi connectivity index (χ0) is 28.5. The van der Waals surface area contributed by atoms with Crippen LogP contribution in [0.15, 0.2) is 48.6 Å². The van der Waals surface area contributed by atoms with Crippen LogP contribution in [0.25, 0.3) is 0 Å². The third-order valence-corrected chi connectivity index (χ3v) is 8.79. The first kappa shape index (κ1) is 30.5. The van der Waals surface area contributed by atoms with Gasteiger partial charge in [-0.2, -0.15) is 13.2 Å². The topological polar surface area (TPSA) is 18.5 Å². The first-order valence-electron chi connectivity index (χ1n) is 15.2. The molecule has 2 fully saturated rings. The minimum Gasteiger partial charge on any atom is -0.480 e. The van der Waals surface area contributed by atoms with Gasteiger partial charge in [0.15, 0.2) is 18.2 Å². The highest BCUT2D eigenvalue weighted by atomic mass is 19.3. The van der Waals surface area contributed by atoms with Crippen molar-refractivity contribution >= 4 is 0 Å². The monoisotopic (exact) mass is 560 g/mol. The van der Waals surface area contributed by atoms with E-state index in [2.05, 4.69) is 19.1 Å². The molecule has 0 amide bonds. The Balaban J connectivity index is 1.19. The Kier molecular flexibility index (Phi) is 11.0. The number of benzene rings is 2. The summed E-state index contributed by atoms with van der Waals surface area (Å²) in [5.74, 6) is -0.233. The van der Waals surface area contributed by atoms with Gasteiger partial charge in [0.25, 0.3) is 0 Å². The fourth-order valence-electron chi connectivity index (χ4n) is 6.22. The van der Waals surface area contributed by atoms with Crippen molar-refractivity contribution < 1.29 is 27.0 Å². The summed E-state index contributed by atoms with van der Waals surface area (Å²) >= 11 is 0. The van der Waals surface area contributed by atoms with Crippen molar-refractivity contribution in [1.82, 2.24) is 0 Å². The van der Waals surface area contributed by atoms with Crippen molar-refractivity contribution in [1.29, 1.82) is 0 Å². The summed E-state index contributed by atoms with van der Waals surface area (Å²) in [4.78, 5) is 0. The molecule has 2 nitrogen and oxygen atoms in total. The molecular weight excluding hydrogens is 516 g/mol. The average molecular weight is 561 g/mol. The molecule has 220 valence electrons. The number of rotatable bonds is 12. The number of aryl methyl sites for hydroxylation is 1. The molecule has 0 aliphatic heterocycles. The minimum absolute atomic E-state index is 0.00427. The molecule has 2 saturated carbocycles. The zero-order valence-corrected chi connectivity index (χ0v) is 23.9. The molecule has 0 radical (unpaired) electrons. The number of halogens is 4. The number of hydrogen-bond donors (Lipinski definition) is 0. The van der Waals surface area contributed by atoms with Crippen molar-refractivity contribution in [2.24, 2.45) is 17.8 Å². The van der Waals surface area contributed by atoms with Gasteiger partial charge >= 0.3 is 6.11 Å². The van der Waals surface area contributed by atoms with E-state index in [1.54, 1.807) is 12.1 Å². The third kappa shape index (κ3) is 8.75. The van der Waals surface area contributed by atoms with Crippen LogP contribution in [0.4, 0.5) is 17.6 Å². The number of ether oxygens (including phenoxy) is 2. The van der Waals surface area contributed by atoms with Crippen LogP contribution >= 0.6 is 0 Å². The van der Waals surface area contributed by atoms with Crippen LogP contribution in [0.3, 0.4) is 0 Å². The van der Waals surface area contributed by atoms with E-state index in [9.17, 15) is 17.6 Å². The van der Waals surface area contributed by atoms with Crippen LogP contribution in [-0.2, 0) is 0 Å². The Morgan fingerprint density at radius 1 is 0.800 bits per heavy atom. The van der Waals surface area contributed by atoms with E-state index in [0.29, 0.717) is 11.8 Å². The van der Waals surface area contributed by atoms with Crippen molar-refractivity contribution in [3.63, 3.8) is 0 Å². The van der Waals surface area contributed by atoms with Gasteiger partial charge < -0.3 is 9.47 Å². The van der Waals surface area contributed by atoms with Gasteiger partial charge in [-0.05, 0) is 111 Å². The molecular formula is C34H44F4O2. The van der Waals surface area contributed by atoms with Crippen LogP contribution in [0, 0.1) is 36.3 Å². The van der Waals surface area contributed by atoms with Gasteiger partial charge in [-0.15, -0.1) is 0 Å². The van der Waals surface area contributed by atoms with E-state index in [1.807, 2.05) is 12.1 Å². The Morgan fingerprint density at radius 2 is 1.43 bits per heavy atom. The van der Waals surface area contributed by atoms with Crippen LogP contribution in [0.2, 0.25) is 0 Å². The molecule has 2 aliphatic carbocycles. The number of hydrogen-bond acceptors (Lipinski definition) is 2. The van der Waals surface area contributed by atoms with Gasteiger partial charge in [0, 0.05) is 0 Å². The second-order valence-corrected chi connectivity index (χ2v) is 11.9. The van der Waals surface area contributed by atoms with E-state index in [-0.39, 0.29) is 11.3 Å². The minimum atomic E-state index is -3.70. The smallest absolute Gasteiger partial charge is 0.432 e. The molecule has 0 bridgehead atoms. The lowest BCUT2D eigenvalue weighted by molar-refractivity contribution is -0.195. The predicted octanol–water partition coefficient (Wildman–Crippen LogP) is 10.5.